The van der Waals surface area contributed by atoms with Crippen molar-refractivity contribution >= 4 is 17.7 Å². The SMILES string of the molecule is C/C(=C\c1ccccc1)C(=O)Nc1ccccc1C#N. The molecule has 0 aliphatic carbocycles. The van der Waals surface area contributed by atoms with Crippen LogP contribution in [0, 0.1) is 11.3 Å². The number of nitrogens with zero attached hydrogens (tertiary/aromatic N) is 1. The van der Waals surface area contributed by atoms with Gasteiger partial charge >= 0.3 is 0 Å². The Balaban J connectivity index is 2.16. The van der Waals surface area contributed by atoms with Crippen molar-refractivity contribution in [3.63, 3.8) is 0 Å². The molecular weight excluding hydrogens is 248 g/mol. The molecule has 0 heterocycles. The quantitative estimate of drug-likeness (QED) is 0.859. The Morgan fingerprint density at radius 2 is 1.75 bits per heavy atom. The summed E-state index contributed by atoms with van der Waals surface area (Å²) in [6.45, 7) is 1.75. The van der Waals surface area contributed by atoms with Crippen LogP contribution in [0.25, 0.3) is 6.08 Å². The smallest absolute Gasteiger partial charge is 0.251 e. The van der Waals surface area contributed by atoms with Crippen LogP contribution in [0.1, 0.15) is 18.1 Å². The summed E-state index contributed by atoms with van der Waals surface area (Å²) in [5.41, 5.74) is 2.53. The van der Waals surface area contributed by atoms with Crippen LogP contribution in [-0.2, 0) is 4.79 Å². The van der Waals surface area contributed by atoms with E-state index in [0.29, 0.717) is 16.8 Å². The number of carbonyl (C=O) groups excluding carboxylic acids is 1. The summed E-state index contributed by atoms with van der Waals surface area (Å²) < 4.78 is 0. The van der Waals surface area contributed by atoms with Gasteiger partial charge in [-0.15, -0.1) is 0 Å². The van der Waals surface area contributed by atoms with Crippen molar-refractivity contribution in [1.29, 1.82) is 5.26 Å². The van der Waals surface area contributed by atoms with Gasteiger partial charge in [-0.05, 0) is 30.7 Å². The van der Waals surface area contributed by atoms with Gasteiger partial charge in [-0.1, -0.05) is 42.5 Å². The van der Waals surface area contributed by atoms with Gasteiger partial charge in [-0.25, -0.2) is 0 Å². The van der Waals surface area contributed by atoms with Gasteiger partial charge in [-0.2, -0.15) is 5.26 Å². The van der Waals surface area contributed by atoms with Crippen LogP contribution < -0.4 is 5.32 Å². The number of nitrogens with one attached hydrogen (secondary N) is 1. The van der Waals surface area contributed by atoms with Crippen LogP contribution >= 0.6 is 0 Å². The van der Waals surface area contributed by atoms with Crippen molar-refractivity contribution in [3.8, 4) is 6.07 Å². The molecular formula is C17H14N2O. The largest absolute Gasteiger partial charge is 0.321 e. The van der Waals surface area contributed by atoms with Crippen molar-refractivity contribution in [3.05, 3.63) is 71.3 Å². The zero-order chi connectivity index (χ0) is 14.4. The highest BCUT2D eigenvalue weighted by Gasteiger charge is 2.07. The minimum atomic E-state index is -0.212. The first kappa shape index (κ1) is 13.6. The second-order valence-corrected chi connectivity index (χ2v) is 4.35. The predicted octanol–water partition coefficient (Wildman–Crippen LogP) is 3.60. The zero-order valence-corrected chi connectivity index (χ0v) is 11.1. The highest BCUT2D eigenvalue weighted by molar-refractivity contribution is 6.06. The standard InChI is InChI=1S/C17H14N2O/c1-13(11-14-7-3-2-4-8-14)17(20)19-16-10-6-5-9-15(16)12-18/h2-11H,1H3,(H,19,20)/b13-11+. The molecule has 0 saturated carbocycles. The first-order valence-corrected chi connectivity index (χ1v) is 6.24. The summed E-state index contributed by atoms with van der Waals surface area (Å²) in [7, 11) is 0. The summed E-state index contributed by atoms with van der Waals surface area (Å²) in [6.07, 6.45) is 1.81. The number of benzene rings is 2. The average Bonchev–Trinajstić information content (AvgIpc) is 2.48. The number of anilines is 1. The Labute approximate surface area is 118 Å². The number of rotatable bonds is 3. The van der Waals surface area contributed by atoms with Crippen LogP contribution in [0.3, 0.4) is 0 Å². The molecule has 0 bridgehead atoms. The highest BCUT2D eigenvalue weighted by atomic mass is 16.1. The van der Waals surface area contributed by atoms with Gasteiger partial charge < -0.3 is 5.32 Å². The topological polar surface area (TPSA) is 52.9 Å². The van der Waals surface area contributed by atoms with E-state index in [0.717, 1.165) is 5.56 Å². The molecule has 0 unspecified atom stereocenters. The predicted molar refractivity (Wildman–Crippen MR) is 79.9 cm³/mol. The first-order valence-electron chi connectivity index (χ1n) is 6.24. The third kappa shape index (κ3) is 3.33. The lowest BCUT2D eigenvalue weighted by Gasteiger charge is -2.07. The molecule has 0 aliphatic rings. The second kappa shape index (κ2) is 6.35. The van der Waals surface area contributed by atoms with Crippen molar-refractivity contribution in [2.24, 2.45) is 0 Å². The normalized spacial score (nSPS) is 10.7. The van der Waals surface area contributed by atoms with E-state index in [-0.39, 0.29) is 5.91 Å². The third-order valence-electron chi connectivity index (χ3n) is 2.84. The molecule has 0 atom stereocenters. The highest BCUT2D eigenvalue weighted by Crippen LogP contribution is 2.15. The van der Waals surface area contributed by atoms with Gasteiger partial charge in [0.25, 0.3) is 5.91 Å². The van der Waals surface area contributed by atoms with E-state index in [4.69, 9.17) is 5.26 Å². The Hall–Kier alpha value is -2.86. The summed E-state index contributed by atoms with van der Waals surface area (Å²) in [4.78, 5) is 12.1. The zero-order valence-electron chi connectivity index (χ0n) is 11.1. The molecule has 0 saturated heterocycles. The fraction of sp³-hybridized carbons (Fsp3) is 0.0588. The summed E-state index contributed by atoms with van der Waals surface area (Å²) >= 11 is 0. The lowest BCUT2D eigenvalue weighted by atomic mass is 10.1. The third-order valence-corrected chi connectivity index (χ3v) is 2.84. The average molecular weight is 262 g/mol. The molecule has 20 heavy (non-hydrogen) atoms. The van der Waals surface area contributed by atoms with E-state index in [1.165, 1.54) is 0 Å². The van der Waals surface area contributed by atoms with Crippen LogP contribution in [0.5, 0.6) is 0 Å². The number of hydrogen-bond acceptors (Lipinski definition) is 2. The number of hydrogen-bond donors (Lipinski definition) is 1. The minimum Gasteiger partial charge on any atom is -0.321 e. The van der Waals surface area contributed by atoms with Gasteiger partial charge in [0.1, 0.15) is 6.07 Å². The summed E-state index contributed by atoms with van der Waals surface area (Å²) in [6, 6.07) is 18.6. The molecule has 0 spiro atoms. The molecule has 2 aromatic rings. The van der Waals surface area contributed by atoms with E-state index < -0.39 is 0 Å². The lowest BCUT2D eigenvalue weighted by molar-refractivity contribution is -0.112. The minimum absolute atomic E-state index is 0.212. The maximum absolute atomic E-state index is 12.1. The molecule has 0 aromatic heterocycles. The Kier molecular flexibility index (Phi) is 4.31. The Morgan fingerprint density at radius 3 is 2.45 bits per heavy atom. The number of amides is 1. The lowest BCUT2D eigenvalue weighted by Crippen LogP contribution is -2.13. The van der Waals surface area contributed by atoms with Crippen molar-refractivity contribution < 1.29 is 4.79 Å². The van der Waals surface area contributed by atoms with Crippen molar-refractivity contribution in [2.75, 3.05) is 5.32 Å². The fourth-order valence-corrected chi connectivity index (χ4v) is 1.78. The number of carbonyl (C=O) groups is 1. The van der Waals surface area contributed by atoms with Gasteiger partial charge in [-0.3, -0.25) is 4.79 Å². The fourth-order valence-electron chi connectivity index (χ4n) is 1.78. The molecule has 0 radical (unpaired) electrons. The molecule has 1 amide bonds. The van der Waals surface area contributed by atoms with Gasteiger partial charge in [0.15, 0.2) is 0 Å². The monoisotopic (exact) mass is 262 g/mol. The number of nitriles is 1. The van der Waals surface area contributed by atoms with Gasteiger partial charge in [0.2, 0.25) is 0 Å². The molecule has 0 fully saturated rings. The molecule has 98 valence electrons. The van der Waals surface area contributed by atoms with Crippen LogP contribution in [-0.4, -0.2) is 5.91 Å². The molecule has 3 heteroatoms. The van der Waals surface area contributed by atoms with E-state index in [1.54, 1.807) is 31.2 Å². The van der Waals surface area contributed by atoms with Crippen molar-refractivity contribution in [2.45, 2.75) is 6.92 Å². The van der Waals surface area contributed by atoms with E-state index in [9.17, 15) is 4.79 Å². The van der Waals surface area contributed by atoms with Gasteiger partial charge in [0.05, 0.1) is 11.3 Å². The molecule has 2 rings (SSSR count). The molecule has 2 aromatic carbocycles. The second-order valence-electron chi connectivity index (χ2n) is 4.35. The maximum Gasteiger partial charge on any atom is 0.251 e. The van der Waals surface area contributed by atoms with Crippen LogP contribution in [0.15, 0.2) is 60.2 Å². The van der Waals surface area contributed by atoms with Gasteiger partial charge in [0, 0.05) is 5.57 Å². The van der Waals surface area contributed by atoms with E-state index >= 15 is 0 Å². The summed E-state index contributed by atoms with van der Waals surface area (Å²) in [5.74, 6) is -0.212. The van der Waals surface area contributed by atoms with Crippen LogP contribution in [0.2, 0.25) is 0 Å². The summed E-state index contributed by atoms with van der Waals surface area (Å²) in [5, 5.41) is 11.7. The molecule has 1 N–H and O–H groups in total. The molecule has 3 nitrogen and oxygen atoms in total. The van der Waals surface area contributed by atoms with E-state index in [2.05, 4.69) is 11.4 Å². The van der Waals surface area contributed by atoms with Crippen LogP contribution in [0.4, 0.5) is 5.69 Å². The first-order chi connectivity index (χ1) is 9.70. The Bertz CT molecular complexity index is 682. The van der Waals surface area contributed by atoms with Crippen molar-refractivity contribution in [1.82, 2.24) is 0 Å². The Morgan fingerprint density at radius 1 is 1.10 bits per heavy atom. The number of para-hydroxylation sites is 1. The maximum atomic E-state index is 12.1. The molecule has 0 aliphatic heterocycles. The van der Waals surface area contributed by atoms with E-state index in [1.807, 2.05) is 36.4 Å².